The SMILES string of the molecule is NNc1ccc([N+](=O)[O-])cc1S(=O)(=O)N1CCN(Cc2ccccc2)CC1. The number of sulfonamides is 1. The number of nitrogens with two attached hydrogens (primary N) is 1. The van der Waals surface area contributed by atoms with Crippen molar-refractivity contribution in [3.05, 3.63) is 64.2 Å². The summed E-state index contributed by atoms with van der Waals surface area (Å²) >= 11 is 0. The van der Waals surface area contributed by atoms with E-state index in [0.29, 0.717) is 26.2 Å². The summed E-state index contributed by atoms with van der Waals surface area (Å²) in [5, 5.41) is 11.0. The molecule has 10 heteroatoms. The lowest BCUT2D eigenvalue weighted by molar-refractivity contribution is -0.385. The van der Waals surface area contributed by atoms with E-state index >= 15 is 0 Å². The van der Waals surface area contributed by atoms with Gasteiger partial charge in [0.05, 0.1) is 10.6 Å². The largest absolute Gasteiger partial charge is 0.323 e. The highest BCUT2D eigenvalue weighted by molar-refractivity contribution is 7.89. The number of nitro groups is 1. The Morgan fingerprint density at radius 3 is 2.33 bits per heavy atom. The Bertz CT molecular complexity index is 912. The Hall–Kier alpha value is -2.53. The molecule has 0 bridgehead atoms. The van der Waals surface area contributed by atoms with Crippen molar-refractivity contribution in [3.8, 4) is 0 Å². The summed E-state index contributed by atoms with van der Waals surface area (Å²) < 4.78 is 27.3. The van der Waals surface area contributed by atoms with Gasteiger partial charge in [-0.25, -0.2) is 8.42 Å². The zero-order valence-corrected chi connectivity index (χ0v) is 15.4. The van der Waals surface area contributed by atoms with Gasteiger partial charge in [-0.1, -0.05) is 30.3 Å². The van der Waals surface area contributed by atoms with E-state index in [2.05, 4.69) is 10.3 Å². The van der Waals surface area contributed by atoms with Crippen LogP contribution in [0.25, 0.3) is 0 Å². The number of hydrazine groups is 1. The Kier molecular flexibility index (Phi) is 5.71. The van der Waals surface area contributed by atoms with Gasteiger partial charge >= 0.3 is 0 Å². The first-order valence-electron chi connectivity index (χ1n) is 8.43. The molecular weight excluding hydrogens is 370 g/mol. The molecule has 0 aromatic heterocycles. The molecule has 3 N–H and O–H groups in total. The lowest BCUT2D eigenvalue weighted by Crippen LogP contribution is -2.48. The zero-order valence-electron chi connectivity index (χ0n) is 14.6. The maximum Gasteiger partial charge on any atom is 0.270 e. The fraction of sp³-hybridized carbons (Fsp3) is 0.294. The molecule has 1 saturated heterocycles. The lowest BCUT2D eigenvalue weighted by atomic mass is 10.2. The number of nitrogens with zero attached hydrogens (tertiary/aromatic N) is 3. The van der Waals surface area contributed by atoms with Crippen molar-refractivity contribution in [2.75, 3.05) is 31.6 Å². The van der Waals surface area contributed by atoms with Crippen molar-refractivity contribution in [1.29, 1.82) is 0 Å². The van der Waals surface area contributed by atoms with Crippen LogP contribution in [0.2, 0.25) is 0 Å². The average molecular weight is 391 g/mol. The minimum absolute atomic E-state index is 0.132. The molecule has 1 aliphatic heterocycles. The smallest absolute Gasteiger partial charge is 0.270 e. The van der Waals surface area contributed by atoms with Crippen LogP contribution in [-0.2, 0) is 16.6 Å². The van der Waals surface area contributed by atoms with Crippen molar-refractivity contribution in [2.45, 2.75) is 11.4 Å². The van der Waals surface area contributed by atoms with Gasteiger partial charge in [0.2, 0.25) is 10.0 Å². The Labute approximate surface area is 157 Å². The number of hydrogen-bond donors (Lipinski definition) is 2. The quantitative estimate of drug-likeness (QED) is 0.433. The molecule has 0 saturated carbocycles. The highest BCUT2D eigenvalue weighted by atomic mass is 32.2. The second kappa shape index (κ2) is 8.01. The van der Waals surface area contributed by atoms with E-state index in [1.54, 1.807) is 0 Å². The molecule has 0 amide bonds. The van der Waals surface area contributed by atoms with Gasteiger partial charge in [-0.2, -0.15) is 4.31 Å². The van der Waals surface area contributed by atoms with Gasteiger partial charge in [0, 0.05) is 44.9 Å². The molecule has 27 heavy (non-hydrogen) atoms. The van der Waals surface area contributed by atoms with Crippen LogP contribution in [0.5, 0.6) is 0 Å². The van der Waals surface area contributed by atoms with Gasteiger partial charge in [0.1, 0.15) is 4.90 Å². The van der Waals surface area contributed by atoms with Gasteiger partial charge in [-0.3, -0.25) is 20.9 Å². The van der Waals surface area contributed by atoms with Gasteiger partial charge in [-0.15, -0.1) is 0 Å². The molecule has 1 aliphatic rings. The van der Waals surface area contributed by atoms with Crippen LogP contribution in [0.1, 0.15) is 5.56 Å². The normalized spacial score (nSPS) is 16.2. The molecule has 144 valence electrons. The summed E-state index contributed by atoms with van der Waals surface area (Å²) in [4.78, 5) is 12.4. The summed E-state index contributed by atoms with van der Waals surface area (Å²) in [6.45, 7) is 2.52. The molecule has 0 radical (unpaired) electrons. The standard InChI is InChI=1S/C17H21N5O4S/c18-19-16-7-6-15(22(23)24)12-17(16)27(25,26)21-10-8-20(9-11-21)13-14-4-2-1-3-5-14/h1-7,12,19H,8-11,13,18H2. The third kappa shape index (κ3) is 4.25. The predicted molar refractivity (Wildman–Crippen MR) is 101 cm³/mol. The van der Waals surface area contributed by atoms with E-state index in [1.165, 1.54) is 22.0 Å². The van der Waals surface area contributed by atoms with Crippen molar-refractivity contribution in [2.24, 2.45) is 5.84 Å². The first-order chi connectivity index (χ1) is 12.9. The minimum atomic E-state index is -3.90. The van der Waals surface area contributed by atoms with Gasteiger partial charge < -0.3 is 5.43 Å². The van der Waals surface area contributed by atoms with Crippen molar-refractivity contribution >= 4 is 21.4 Å². The van der Waals surface area contributed by atoms with E-state index in [9.17, 15) is 18.5 Å². The van der Waals surface area contributed by atoms with E-state index in [1.807, 2.05) is 30.3 Å². The summed E-state index contributed by atoms with van der Waals surface area (Å²) in [7, 11) is -3.90. The van der Waals surface area contributed by atoms with Crippen LogP contribution in [-0.4, -0.2) is 48.7 Å². The van der Waals surface area contributed by atoms with Crippen LogP contribution in [0.3, 0.4) is 0 Å². The highest BCUT2D eigenvalue weighted by Gasteiger charge is 2.31. The number of nitrogen functional groups attached to an aromatic ring is 1. The molecule has 9 nitrogen and oxygen atoms in total. The first kappa shape index (κ1) is 19.2. The second-order valence-corrected chi connectivity index (χ2v) is 8.15. The van der Waals surface area contributed by atoms with E-state index < -0.39 is 14.9 Å². The minimum Gasteiger partial charge on any atom is -0.323 e. The maximum absolute atomic E-state index is 13.0. The van der Waals surface area contributed by atoms with Crippen LogP contribution in [0.15, 0.2) is 53.4 Å². The van der Waals surface area contributed by atoms with Crippen molar-refractivity contribution in [1.82, 2.24) is 9.21 Å². The van der Waals surface area contributed by atoms with Crippen LogP contribution in [0.4, 0.5) is 11.4 Å². The Morgan fingerprint density at radius 2 is 1.74 bits per heavy atom. The fourth-order valence-corrected chi connectivity index (χ4v) is 4.66. The molecular formula is C17H21N5O4S. The number of rotatable bonds is 6. The van der Waals surface area contributed by atoms with Gasteiger partial charge in [0.25, 0.3) is 5.69 Å². The molecule has 0 spiro atoms. The van der Waals surface area contributed by atoms with Crippen LogP contribution in [0, 0.1) is 10.1 Å². The first-order valence-corrected chi connectivity index (χ1v) is 9.87. The number of anilines is 1. The lowest BCUT2D eigenvalue weighted by Gasteiger charge is -2.34. The van der Waals surface area contributed by atoms with Crippen molar-refractivity contribution in [3.63, 3.8) is 0 Å². The third-order valence-electron chi connectivity index (χ3n) is 4.53. The molecule has 0 unspecified atom stereocenters. The number of piperazine rings is 1. The number of nitro benzene ring substituents is 1. The van der Waals surface area contributed by atoms with E-state index in [-0.39, 0.29) is 16.3 Å². The van der Waals surface area contributed by atoms with E-state index in [0.717, 1.165) is 12.6 Å². The molecule has 1 fully saturated rings. The van der Waals surface area contributed by atoms with Crippen LogP contribution < -0.4 is 11.3 Å². The number of hydrogen-bond acceptors (Lipinski definition) is 7. The maximum atomic E-state index is 13.0. The average Bonchev–Trinajstić information content (AvgIpc) is 2.68. The highest BCUT2D eigenvalue weighted by Crippen LogP contribution is 2.29. The number of benzene rings is 2. The molecule has 2 aromatic rings. The van der Waals surface area contributed by atoms with Gasteiger partial charge in [0.15, 0.2) is 0 Å². The Balaban J connectivity index is 1.75. The summed E-state index contributed by atoms with van der Waals surface area (Å²) in [5.41, 5.74) is 3.31. The predicted octanol–water partition coefficient (Wildman–Crippen LogP) is 1.39. The van der Waals surface area contributed by atoms with Crippen LogP contribution >= 0.6 is 0 Å². The molecule has 1 heterocycles. The summed E-state index contributed by atoms with van der Waals surface area (Å²) in [5.74, 6) is 5.40. The fourth-order valence-electron chi connectivity index (χ4n) is 3.07. The Morgan fingerprint density at radius 1 is 1.07 bits per heavy atom. The van der Waals surface area contributed by atoms with E-state index in [4.69, 9.17) is 5.84 Å². The summed E-state index contributed by atoms with van der Waals surface area (Å²) in [6, 6.07) is 13.5. The molecule has 3 rings (SSSR count). The monoisotopic (exact) mass is 391 g/mol. The molecule has 0 atom stereocenters. The number of nitrogens with one attached hydrogen (secondary N) is 1. The van der Waals surface area contributed by atoms with Crippen molar-refractivity contribution < 1.29 is 13.3 Å². The second-order valence-electron chi connectivity index (χ2n) is 6.25. The topological polar surface area (TPSA) is 122 Å². The summed E-state index contributed by atoms with van der Waals surface area (Å²) in [6.07, 6.45) is 0. The molecule has 2 aromatic carbocycles. The number of non-ortho nitro benzene ring substituents is 1. The zero-order chi connectivity index (χ0) is 19.4. The third-order valence-corrected chi connectivity index (χ3v) is 6.47. The molecule has 0 aliphatic carbocycles. The van der Waals surface area contributed by atoms with Gasteiger partial charge in [-0.05, 0) is 11.6 Å².